The van der Waals surface area contributed by atoms with E-state index in [2.05, 4.69) is 5.10 Å². The van der Waals surface area contributed by atoms with Crippen LogP contribution in [0.5, 0.6) is 5.75 Å². The molecule has 2 rings (SSSR count). The molecule has 0 aliphatic carbocycles. The van der Waals surface area contributed by atoms with Gasteiger partial charge in [-0.1, -0.05) is 6.07 Å². The van der Waals surface area contributed by atoms with Crippen molar-refractivity contribution in [1.29, 1.82) is 0 Å². The number of ketones is 1. The Morgan fingerprint density at radius 2 is 2.44 bits per heavy atom. The van der Waals surface area contributed by atoms with E-state index in [1.165, 1.54) is 11.3 Å². The normalized spacial score (nSPS) is 10.4. The third-order valence-corrected chi connectivity index (χ3v) is 3.15. The van der Waals surface area contributed by atoms with Crippen molar-refractivity contribution in [2.75, 3.05) is 7.11 Å². The molecular weight excluding hydrogens is 224 g/mol. The monoisotopic (exact) mass is 236 g/mol. The number of aromatic nitrogens is 2. The maximum atomic E-state index is 12.2. The maximum absolute atomic E-state index is 12.2. The third-order valence-electron chi connectivity index (χ3n) is 2.29. The van der Waals surface area contributed by atoms with Gasteiger partial charge in [-0.2, -0.15) is 5.10 Å². The molecule has 0 saturated heterocycles. The minimum atomic E-state index is -0.0359. The number of thiophene rings is 1. The molecule has 0 saturated carbocycles. The molecule has 0 unspecified atom stereocenters. The Morgan fingerprint density at radius 1 is 1.62 bits per heavy atom. The lowest BCUT2D eigenvalue weighted by Crippen LogP contribution is -2.10. The lowest BCUT2D eigenvalue weighted by molar-refractivity contribution is 0.103. The Labute approximate surface area is 97.5 Å². The van der Waals surface area contributed by atoms with Gasteiger partial charge in [-0.25, -0.2) is 0 Å². The van der Waals surface area contributed by atoms with Gasteiger partial charge in [0.05, 0.1) is 18.2 Å². The SMILES string of the molecule is CCn1ncc(OC)c1C(=O)c1cccs1. The molecule has 84 valence electrons. The van der Waals surface area contributed by atoms with E-state index in [4.69, 9.17) is 4.74 Å². The van der Waals surface area contributed by atoms with Gasteiger partial charge >= 0.3 is 0 Å². The second kappa shape index (κ2) is 4.49. The van der Waals surface area contributed by atoms with Crippen molar-refractivity contribution in [2.24, 2.45) is 0 Å². The van der Waals surface area contributed by atoms with Gasteiger partial charge < -0.3 is 4.74 Å². The van der Waals surface area contributed by atoms with E-state index in [-0.39, 0.29) is 5.78 Å². The standard InChI is InChI=1S/C11H12N2O2S/c1-3-13-10(8(15-2)7-12-13)11(14)9-5-4-6-16-9/h4-7H,3H2,1-2H3. The van der Waals surface area contributed by atoms with E-state index < -0.39 is 0 Å². The zero-order valence-corrected chi connectivity index (χ0v) is 9.95. The molecule has 16 heavy (non-hydrogen) atoms. The summed E-state index contributed by atoms with van der Waals surface area (Å²) >= 11 is 1.42. The van der Waals surface area contributed by atoms with Crippen LogP contribution in [0.4, 0.5) is 0 Å². The number of hydrogen-bond donors (Lipinski definition) is 0. The first-order valence-corrected chi connectivity index (χ1v) is 5.84. The topological polar surface area (TPSA) is 44.1 Å². The molecule has 0 aromatic carbocycles. The number of carbonyl (C=O) groups excluding carboxylic acids is 1. The molecule has 0 amide bonds. The fraction of sp³-hybridized carbons (Fsp3) is 0.273. The van der Waals surface area contributed by atoms with Crippen LogP contribution in [0.2, 0.25) is 0 Å². The van der Waals surface area contributed by atoms with E-state index in [1.54, 1.807) is 24.1 Å². The first kappa shape index (κ1) is 10.9. The van der Waals surface area contributed by atoms with Gasteiger partial charge in [0.1, 0.15) is 0 Å². The average molecular weight is 236 g/mol. The van der Waals surface area contributed by atoms with Crippen LogP contribution in [0.15, 0.2) is 23.7 Å². The van der Waals surface area contributed by atoms with E-state index >= 15 is 0 Å². The van der Waals surface area contributed by atoms with Gasteiger partial charge in [0, 0.05) is 6.54 Å². The molecule has 0 aliphatic rings. The molecule has 2 aromatic heterocycles. The van der Waals surface area contributed by atoms with Gasteiger partial charge in [0.2, 0.25) is 5.78 Å². The maximum Gasteiger partial charge on any atom is 0.224 e. The number of hydrogen-bond acceptors (Lipinski definition) is 4. The molecule has 0 bridgehead atoms. The van der Waals surface area contributed by atoms with Crippen molar-refractivity contribution < 1.29 is 9.53 Å². The van der Waals surface area contributed by atoms with Crippen LogP contribution in [-0.2, 0) is 6.54 Å². The summed E-state index contributed by atoms with van der Waals surface area (Å²) in [6.07, 6.45) is 1.57. The van der Waals surface area contributed by atoms with Crippen LogP contribution >= 0.6 is 11.3 Å². The molecule has 0 atom stereocenters. The molecule has 0 aliphatic heterocycles. The Kier molecular flexibility index (Phi) is 3.05. The first-order chi connectivity index (χ1) is 7.77. The second-order valence-electron chi connectivity index (χ2n) is 3.18. The summed E-state index contributed by atoms with van der Waals surface area (Å²) < 4.78 is 6.80. The van der Waals surface area contributed by atoms with E-state index in [1.807, 2.05) is 18.4 Å². The lowest BCUT2D eigenvalue weighted by Gasteiger charge is -2.04. The average Bonchev–Trinajstić information content (AvgIpc) is 2.96. The van der Waals surface area contributed by atoms with Crippen LogP contribution in [0.1, 0.15) is 22.3 Å². The zero-order chi connectivity index (χ0) is 11.5. The van der Waals surface area contributed by atoms with Crippen molar-refractivity contribution in [3.63, 3.8) is 0 Å². The fourth-order valence-corrected chi connectivity index (χ4v) is 2.18. The van der Waals surface area contributed by atoms with E-state index in [0.29, 0.717) is 22.9 Å². The number of ether oxygens (including phenoxy) is 1. The van der Waals surface area contributed by atoms with Crippen LogP contribution in [-0.4, -0.2) is 22.7 Å². The summed E-state index contributed by atoms with van der Waals surface area (Å²) in [6, 6.07) is 3.66. The highest BCUT2D eigenvalue weighted by molar-refractivity contribution is 7.12. The predicted molar refractivity (Wildman–Crippen MR) is 62.2 cm³/mol. The van der Waals surface area contributed by atoms with Crippen molar-refractivity contribution in [3.8, 4) is 5.75 Å². The van der Waals surface area contributed by atoms with Crippen LogP contribution in [0.25, 0.3) is 0 Å². The molecule has 2 aromatic rings. The summed E-state index contributed by atoms with van der Waals surface area (Å²) in [5.74, 6) is 0.492. The van der Waals surface area contributed by atoms with Gasteiger partial charge in [0.25, 0.3) is 0 Å². The molecular formula is C11H12N2O2S. The van der Waals surface area contributed by atoms with Crippen LogP contribution in [0, 0.1) is 0 Å². The summed E-state index contributed by atoms with van der Waals surface area (Å²) in [4.78, 5) is 12.9. The number of aryl methyl sites for hydroxylation is 1. The first-order valence-electron chi connectivity index (χ1n) is 4.96. The molecule has 4 nitrogen and oxygen atoms in total. The van der Waals surface area contributed by atoms with Gasteiger partial charge in [-0.3, -0.25) is 9.48 Å². The lowest BCUT2D eigenvalue weighted by atomic mass is 10.2. The third kappa shape index (κ3) is 1.74. The van der Waals surface area contributed by atoms with Crippen LogP contribution in [0.3, 0.4) is 0 Å². The van der Waals surface area contributed by atoms with Crippen molar-refractivity contribution in [1.82, 2.24) is 9.78 Å². The summed E-state index contributed by atoms with van der Waals surface area (Å²) in [6.45, 7) is 2.59. The summed E-state index contributed by atoms with van der Waals surface area (Å²) in [5.41, 5.74) is 0.521. The summed E-state index contributed by atoms with van der Waals surface area (Å²) in [7, 11) is 1.54. The predicted octanol–water partition coefficient (Wildman–Crippen LogP) is 2.20. The molecule has 0 fully saturated rings. The van der Waals surface area contributed by atoms with Crippen molar-refractivity contribution in [2.45, 2.75) is 13.5 Å². The zero-order valence-electron chi connectivity index (χ0n) is 9.14. The Balaban J connectivity index is 2.46. The van der Waals surface area contributed by atoms with Crippen molar-refractivity contribution >= 4 is 17.1 Å². The molecule has 2 heterocycles. The Morgan fingerprint density at radius 3 is 3.00 bits per heavy atom. The second-order valence-corrected chi connectivity index (χ2v) is 4.13. The Bertz CT molecular complexity index is 467. The number of methoxy groups -OCH3 is 1. The minimum Gasteiger partial charge on any atom is -0.493 e. The Hall–Kier alpha value is -1.62. The van der Waals surface area contributed by atoms with E-state index in [9.17, 15) is 4.79 Å². The quantitative estimate of drug-likeness (QED) is 0.764. The molecule has 5 heteroatoms. The number of nitrogens with zero attached hydrogens (tertiary/aromatic N) is 2. The van der Waals surface area contributed by atoms with Gasteiger partial charge in [-0.15, -0.1) is 11.3 Å². The highest BCUT2D eigenvalue weighted by Crippen LogP contribution is 2.23. The molecule has 0 N–H and O–H groups in total. The highest BCUT2D eigenvalue weighted by atomic mass is 32.1. The highest BCUT2D eigenvalue weighted by Gasteiger charge is 2.20. The van der Waals surface area contributed by atoms with Gasteiger partial charge in [-0.05, 0) is 18.4 Å². The van der Waals surface area contributed by atoms with Gasteiger partial charge in [0.15, 0.2) is 11.4 Å². The summed E-state index contributed by atoms with van der Waals surface area (Å²) in [5, 5.41) is 5.99. The van der Waals surface area contributed by atoms with E-state index in [0.717, 1.165) is 0 Å². The largest absolute Gasteiger partial charge is 0.493 e. The number of carbonyl (C=O) groups is 1. The smallest absolute Gasteiger partial charge is 0.224 e. The minimum absolute atomic E-state index is 0.0359. The van der Waals surface area contributed by atoms with Crippen LogP contribution < -0.4 is 4.74 Å². The fourth-order valence-electron chi connectivity index (χ4n) is 1.51. The van der Waals surface area contributed by atoms with Crippen molar-refractivity contribution in [3.05, 3.63) is 34.3 Å². The molecule has 0 radical (unpaired) electrons. The molecule has 0 spiro atoms. The number of rotatable bonds is 4.